The summed E-state index contributed by atoms with van der Waals surface area (Å²) in [6.45, 7) is 3.99. The van der Waals surface area contributed by atoms with Gasteiger partial charge in [0.15, 0.2) is 0 Å². The molecule has 2 aromatic rings. The highest BCUT2D eigenvalue weighted by Crippen LogP contribution is 2.33. The summed E-state index contributed by atoms with van der Waals surface area (Å²) in [6.07, 6.45) is 1.83. The van der Waals surface area contributed by atoms with E-state index < -0.39 is 10.0 Å². The highest BCUT2D eigenvalue weighted by molar-refractivity contribution is 9.10. The minimum atomic E-state index is -3.68. The molecule has 1 N–H and O–H groups in total. The fourth-order valence-corrected chi connectivity index (χ4v) is 5.60. The van der Waals surface area contributed by atoms with E-state index >= 15 is 0 Å². The molecule has 0 radical (unpaired) electrons. The Morgan fingerprint density at radius 3 is 2.53 bits per heavy atom. The van der Waals surface area contributed by atoms with Gasteiger partial charge < -0.3 is 10.1 Å². The van der Waals surface area contributed by atoms with E-state index in [1.54, 1.807) is 12.1 Å². The average Bonchev–Trinajstić information content (AvgIpc) is 2.76. The smallest absolute Gasteiger partial charge is 0.252 e. The lowest BCUT2D eigenvalue weighted by atomic mass is 10.2. The van der Waals surface area contributed by atoms with Crippen molar-refractivity contribution in [3.8, 4) is 0 Å². The highest BCUT2D eigenvalue weighted by atomic mass is 79.9. The first-order chi connectivity index (χ1) is 14.4. The number of carbonyl (C=O) groups excluding carboxylic acids is 1. The zero-order chi connectivity index (χ0) is 21.6. The van der Waals surface area contributed by atoms with Crippen molar-refractivity contribution in [3.63, 3.8) is 0 Å². The van der Waals surface area contributed by atoms with Gasteiger partial charge in [0, 0.05) is 33.9 Å². The van der Waals surface area contributed by atoms with Gasteiger partial charge in [0.05, 0.1) is 23.7 Å². The summed E-state index contributed by atoms with van der Waals surface area (Å²) in [7, 11) is -3.68. The number of hydrogen-bond donors (Lipinski definition) is 1. The molecule has 0 saturated carbocycles. The van der Waals surface area contributed by atoms with Crippen LogP contribution in [0.15, 0.2) is 61.6 Å². The number of nitrogens with one attached hydrogen (secondary N) is 1. The van der Waals surface area contributed by atoms with Gasteiger partial charge in [-0.2, -0.15) is 4.31 Å². The van der Waals surface area contributed by atoms with Gasteiger partial charge >= 0.3 is 0 Å². The molecule has 0 atom stereocenters. The minimum Gasteiger partial charge on any atom is -0.379 e. The topological polar surface area (TPSA) is 75.7 Å². The summed E-state index contributed by atoms with van der Waals surface area (Å²) >= 11 is 4.85. The van der Waals surface area contributed by atoms with E-state index in [0.717, 1.165) is 22.2 Å². The highest BCUT2D eigenvalue weighted by Gasteiger charge is 2.28. The van der Waals surface area contributed by atoms with Crippen LogP contribution in [0.3, 0.4) is 0 Å². The molecule has 1 fully saturated rings. The third kappa shape index (κ3) is 5.85. The van der Waals surface area contributed by atoms with E-state index in [1.165, 1.54) is 22.1 Å². The normalized spacial score (nSPS) is 15.1. The van der Waals surface area contributed by atoms with E-state index in [-0.39, 0.29) is 10.8 Å². The van der Waals surface area contributed by atoms with Crippen LogP contribution in [0.25, 0.3) is 0 Å². The van der Waals surface area contributed by atoms with Crippen LogP contribution in [0, 0.1) is 0 Å². The molecule has 1 aliphatic rings. The number of ether oxygens (including phenoxy) is 1. The fraction of sp³-hybridized carbons (Fsp3) is 0.381. The molecular weight excluding hydrogens is 488 g/mol. The zero-order valence-corrected chi connectivity index (χ0v) is 20.0. The first-order valence-electron chi connectivity index (χ1n) is 9.85. The van der Waals surface area contributed by atoms with E-state index in [1.807, 2.05) is 24.3 Å². The molecule has 0 unspecified atom stereocenters. The second-order valence-electron chi connectivity index (χ2n) is 6.84. The van der Waals surface area contributed by atoms with Crippen molar-refractivity contribution >= 4 is 43.6 Å². The van der Waals surface area contributed by atoms with Crippen LogP contribution in [0.5, 0.6) is 0 Å². The third-order valence-electron chi connectivity index (χ3n) is 4.66. The summed E-state index contributed by atoms with van der Waals surface area (Å²) in [4.78, 5) is 14.7. The van der Waals surface area contributed by atoms with Crippen LogP contribution in [0.1, 0.15) is 30.1 Å². The second kappa shape index (κ2) is 10.8. The van der Waals surface area contributed by atoms with Crippen molar-refractivity contribution in [3.05, 3.63) is 52.5 Å². The quantitative estimate of drug-likeness (QED) is 0.537. The molecule has 162 valence electrons. The SMILES string of the molecule is CCCCNC(=O)c1cc(S(=O)(=O)N2CCOCC2)ccc1Sc1ccc(Br)cc1. The van der Waals surface area contributed by atoms with Gasteiger partial charge in [-0.15, -0.1) is 0 Å². The van der Waals surface area contributed by atoms with Gasteiger partial charge in [-0.25, -0.2) is 8.42 Å². The number of sulfonamides is 1. The Morgan fingerprint density at radius 1 is 1.17 bits per heavy atom. The molecule has 0 aromatic heterocycles. The van der Waals surface area contributed by atoms with Gasteiger partial charge in [-0.1, -0.05) is 41.0 Å². The molecule has 0 bridgehead atoms. The molecule has 0 aliphatic carbocycles. The molecule has 30 heavy (non-hydrogen) atoms. The average molecular weight is 513 g/mol. The summed E-state index contributed by atoms with van der Waals surface area (Å²) in [6, 6.07) is 12.6. The maximum Gasteiger partial charge on any atom is 0.252 e. The lowest BCUT2D eigenvalue weighted by Gasteiger charge is -2.26. The molecular formula is C21H25BrN2O4S2. The van der Waals surface area contributed by atoms with Crippen molar-refractivity contribution in [1.82, 2.24) is 9.62 Å². The molecule has 1 heterocycles. The van der Waals surface area contributed by atoms with Crippen LogP contribution in [-0.2, 0) is 14.8 Å². The van der Waals surface area contributed by atoms with Crippen molar-refractivity contribution in [2.75, 3.05) is 32.8 Å². The Balaban J connectivity index is 1.93. The molecule has 3 rings (SSSR count). The van der Waals surface area contributed by atoms with E-state index in [4.69, 9.17) is 4.74 Å². The minimum absolute atomic E-state index is 0.130. The Bertz CT molecular complexity index is 975. The molecule has 0 spiro atoms. The van der Waals surface area contributed by atoms with Gasteiger partial charge in [0.25, 0.3) is 5.91 Å². The Hall–Kier alpha value is -1.39. The number of nitrogens with zero attached hydrogens (tertiary/aromatic N) is 1. The molecule has 9 heteroatoms. The second-order valence-corrected chi connectivity index (χ2v) is 10.8. The Morgan fingerprint density at radius 2 is 1.87 bits per heavy atom. The zero-order valence-electron chi connectivity index (χ0n) is 16.8. The van der Waals surface area contributed by atoms with Gasteiger partial charge in [-0.3, -0.25) is 4.79 Å². The molecule has 2 aromatic carbocycles. The molecule has 1 aliphatic heterocycles. The van der Waals surface area contributed by atoms with Crippen molar-refractivity contribution in [1.29, 1.82) is 0 Å². The van der Waals surface area contributed by atoms with Crippen molar-refractivity contribution in [2.45, 2.75) is 34.5 Å². The number of unbranched alkanes of at least 4 members (excludes halogenated alkanes) is 1. The predicted molar refractivity (Wildman–Crippen MR) is 122 cm³/mol. The number of benzene rings is 2. The van der Waals surface area contributed by atoms with Crippen LogP contribution in [-0.4, -0.2) is 51.5 Å². The fourth-order valence-electron chi connectivity index (χ4n) is 2.98. The van der Waals surface area contributed by atoms with Gasteiger partial charge in [0.1, 0.15) is 0 Å². The number of rotatable bonds is 8. The van der Waals surface area contributed by atoms with Crippen molar-refractivity contribution < 1.29 is 17.9 Å². The van der Waals surface area contributed by atoms with Crippen LogP contribution < -0.4 is 5.32 Å². The maximum absolute atomic E-state index is 13.1. The number of hydrogen-bond acceptors (Lipinski definition) is 5. The lowest BCUT2D eigenvalue weighted by Crippen LogP contribution is -2.40. The molecule has 1 amide bonds. The number of morpholine rings is 1. The lowest BCUT2D eigenvalue weighted by molar-refractivity contribution is 0.0730. The summed E-state index contributed by atoms with van der Waals surface area (Å²) < 4.78 is 33.8. The van der Waals surface area contributed by atoms with Crippen molar-refractivity contribution in [2.24, 2.45) is 0 Å². The maximum atomic E-state index is 13.1. The molecule has 6 nitrogen and oxygen atoms in total. The standard InChI is InChI=1S/C21H25BrN2O4S2/c1-2-3-10-23-21(25)19-15-18(30(26,27)24-11-13-28-14-12-24)8-9-20(19)29-17-6-4-16(22)5-7-17/h4-9,15H,2-3,10-14H2,1H3,(H,23,25). The van der Waals surface area contributed by atoms with E-state index in [2.05, 4.69) is 28.2 Å². The first kappa shape index (κ1) is 23.3. The van der Waals surface area contributed by atoms with Crippen LogP contribution in [0.2, 0.25) is 0 Å². The number of halogens is 1. The predicted octanol–water partition coefficient (Wildman–Crippen LogP) is 4.15. The van der Waals surface area contributed by atoms with E-state index in [0.29, 0.717) is 43.3 Å². The third-order valence-corrected chi connectivity index (χ3v) is 8.17. The summed E-state index contributed by atoms with van der Waals surface area (Å²) in [5.41, 5.74) is 0.369. The van der Waals surface area contributed by atoms with Gasteiger partial charge in [0.2, 0.25) is 10.0 Å². The Kier molecular flexibility index (Phi) is 8.35. The van der Waals surface area contributed by atoms with Gasteiger partial charge in [-0.05, 0) is 48.9 Å². The molecule has 1 saturated heterocycles. The first-order valence-corrected chi connectivity index (χ1v) is 12.9. The van der Waals surface area contributed by atoms with Crippen LogP contribution in [0.4, 0.5) is 0 Å². The monoisotopic (exact) mass is 512 g/mol. The summed E-state index contributed by atoms with van der Waals surface area (Å²) in [5, 5.41) is 2.91. The van der Waals surface area contributed by atoms with Crippen LogP contribution >= 0.6 is 27.7 Å². The Labute approximate surface area is 190 Å². The largest absolute Gasteiger partial charge is 0.379 e. The van der Waals surface area contributed by atoms with E-state index in [9.17, 15) is 13.2 Å². The summed E-state index contributed by atoms with van der Waals surface area (Å²) in [5.74, 6) is -0.262. The number of amides is 1. The number of carbonyl (C=O) groups is 1.